The first kappa shape index (κ1) is 11.0. The fraction of sp³-hybridized carbons (Fsp3) is 0.700. The minimum Gasteiger partial charge on any atom is -0.316 e. The fourth-order valence-electron chi connectivity index (χ4n) is 1.89. The van der Waals surface area contributed by atoms with Crippen LogP contribution in [0.1, 0.15) is 28.4 Å². The van der Waals surface area contributed by atoms with E-state index in [1.165, 1.54) is 11.3 Å². The van der Waals surface area contributed by atoms with Gasteiger partial charge in [0.25, 0.3) is 6.43 Å². The van der Waals surface area contributed by atoms with Crippen molar-refractivity contribution in [3.05, 3.63) is 15.6 Å². The lowest BCUT2D eigenvalue weighted by molar-refractivity contribution is 0.154. The molecule has 15 heavy (non-hydrogen) atoms. The first-order valence-corrected chi connectivity index (χ1v) is 5.93. The quantitative estimate of drug-likeness (QED) is 0.866. The van der Waals surface area contributed by atoms with Gasteiger partial charge >= 0.3 is 0 Å². The maximum absolute atomic E-state index is 12.5. The van der Waals surface area contributed by atoms with Gasteiger partial charge in [0.05, 0.1) is 15.6 Å². The van der Waals surface area contributed by atoms with Crippen molar-refractivity contribution in [1.82, 2.24) is 10.3 Å². The van der Waals surface area contributed by atoms with Crippen LogP contribution < -0.4 is 5.32 Å². The molecule has 1 saturated heterocycles. The Bertz CT molecular complexity index is 332. The lowest BCUT2D eigenvalue weighted by atomic mass is 10.1. The standard InChI is InChI=1S/C10H14F2N2S/c1-6-9(10(11)12)15-8(14-6)4-7-2-3-13-5-7/h7,10,13H,2-5H2,1H3. The van der Waals surface area contributed by atoms with E-state index in [1.54, 1.807) is 6.92 Å². The second-order valence-corrected chi connectivity index (χ2v) is 5.04. The number of hydrogen-bond donors (Lipinski definition) is 1. The number of halogens is 2. The lowest BCUT2D eigenvalue weighted by Crippen LogP contribution is -2.10. The van der Waals surface area contributed by atoms with Crippen molar-refractivity contribution in [3.63, 3.8) is 0 Å². The normalized spacial score (nSPS) is 21.5. The molecule has 1 aromatic rings. The van der Waals surface area contributed by atoms with E-state index in [4.69, 9.17) is 0 Å². The van der Waals surface area contributed by atoms with E-state index >= 15 is 0 Å². The third-order valence-electron chi connectivity index (χ3n) is 2.70. The summed E-state index contributed by atoms with van der Waals surface area (Å²) in [6.07, 6.45) is -0.411. The van der Waals surface area contributed by atoms with Gasteiger partial charge < -0.3 is 5.32 Å². The summed E-state index contributed by atoms with van der Waals surface area (Å²) in [5.41, 5.74) is 0.496. The van der Waals surface area contributed by atoms with Crippen LogP contribution >= 0.6 is 11.3 Å². The van der Waals surface area contributed by atoms with Crippen LogP contribution in [0.2, 0.25) is 0 Å². The van der Waals surface area contributed by atoms with Gasteiger partial charge in [-0.25, -0.2) is 13.8 Å². The molecule has 0 saturated carbocycles. The van der Waals surface area contributed by atoms with E-state index in [-0.39, 0.29) is 4.88 Å². The van der Waals surface area contributed by atoms with Crippen molar-refractivity contribution in [3.8, 4) is 0 Å². The highest BCUT2D eigenvalue weighted by molar-refractivity contribution is 7.11. The number of alkyl halides is 2. The average molecular weight is 232 g/mol. The molecule has 5 heteroatoms. The molecule has 1 unspecified atom stereocenters. The zero-order valence-electron chi connectivity index (χ0n) is 8.59. The fourth-order valence-corrected chi connectivity index (χ4v) is 2.93. The molecule has 0 aliphatic carbocycles. The summed E-state index contributed by atoms with van der Waals surface area (Å²) < 4.78 is 25.0. The highest BCUT2D eigenvalue weighted by Gasteiger charge is 2.20. The third kappa shape index (κ3) is 2.52. The maximum Gasteiger partial charge on any atom is 0.274 e. The van der Waals surface area contributed by atoms with Gasteiger partial charge in [0.2, 0.25) is 0 Å². The number of aromatic nitrogens is 1. The van der Waals surface area contributed by atoms with Crippen LogP contribution in [0.15, 0.2) is 0 Å². The van der Waals surface area contributed by atoms with Gasteiger partial charge in [0.15, 0.2) is 0 Å². The molecule has 1 fully saturated rings. The summed E-state index contributed by atoms with van der Waals surface area (Å²) in [7, 11) is 0. The average Bonchev–Trinajstić information content (AvgIpc) is 2.75. The van der Waals surface area contributed by atoms with Crippen LogP contribution in [-0.2, 0) is 6.42 Å². The first-order valence-electron chi connectivity index (χ1n) is 5.12. The smallest absolute Gasteiger partial charge is 0.274 e. The summed E-state index contributed by atoms with van der Waals surface area (Å²) in [4.78, 5) is 4.34. The van der Waals surface area contributed by atoms with Crippen LogP contribution in [-0.4, -0.2) is 18.1 Å². The topological polar surface area (TPSA) is 24.9 Å². The van der Waals surface area contributed by atoms with Crippen molar-refractivity contribution in [1.29, 1.82) is 0 Å². The van der Waals surface area contributed by atoms with Crippen molar-refractivity contribution in [2.24, 2.45) is 5.92 Å². The Hall–Kier alpha value is -0.550. The third-order valence-corrected chi connectivity index (χ3v) is 3.89. The van der Waals surface area contributed by atoms with Gasteiger partial charge in [-0.3, -0.25) is 0 Å². The SMILES string of the molecule is Cc1nc(CC2CCNC2)sc1C(F)F. The van der Waals surface area contributed by atoms with E-state index in [1.807, 2.05) is 0 Å². The number of hydrogen-bond acceptors (Lipinski definition) is 3. The van der Waals surface area contributed by atoms with Crippen molar-refractivity contribution < 1.29 is 8.78 Å². The number of thiazole rings is 1. The Morgan fingerprint density at radius 2 is 2.40 bits per heavy atom. The molecule has 0 spiro atoms. The molecule has 84 valence electrons. The van der Waals surface area contributed by atoms with Gasteiger partial charge in [-0.05, 0) is 32.4 Å². The van der Waals surface area contributed by atoms with E-state index < -0.39 is 6.43 Å². The first-order chi connectivity index (χ1) is 7.16. The molecule has 1 N–H and O–H groups in total. The largest absolute Gasteiger partial charge is 0.316 e. The van der Waals surface area contributed by atoms with E-state index in [0.29, 0.717) is 11.6 Å². The molecular formula is C10H14F2N2S. The Balaban J connectivity index is 2.05. The van der Waals surface area contributed by atoms with Gasteiger partial charge in [-0.15, -0.1) is 11.3 Å². The summed E-state index contributed by atoms with van der Waals surface area (Å²) in [5.74, 6) is 0.570. The van der Waals surface area contributed by atoms with E-state index in [0.717, 1.165) is 30.9 Å². The molecule has 0 bridgehead atoms. The molecule has 1 atom stereocenters. The Morgan fingerprint density at radius 1 is 1.60 bits per heavy atom. The predicted octanol–water partition coefficient (Wildman–Crippen LogP) is 2.54. The number of nitrogens with one attached hydrogen (secondary N) is 1. The molecule has 2 nitrogen and oxygen atoms in total. The molecular weight excluding hydrogens is 218 g/mol. The minimum atomic E-state index is -2.38. The second-order valence-electron chi connectivity index (χ2n) is 3.92. The molecule has 0 amide bonds. The molecule has 1 aromatic heterocycles. The molecule has 0 radical (unpaired) electrons. The van der Waals surface area contributed by atoms with Crippen molar-refractivity contribution >= 4 is 11.3 Å². The van der Waals surface area contributed by atoms with Crippen LogP contribution in [0.5, 0.6) is 0 Å². The molecule has 2 heterocycles. The van der Waals surface area contributed by atoms with Crippen LogP contribution in [0.4, 0.5) is 8.78 Å². The zero-order valence-corrected chi connectivity index (χ0v) is 9.41. The Labute approximate surface area is 91.7 Å². The van der Waals surface area contributed by atoms with Gasteiger partial charge in [0.1, 0.15) is 0 Å². The van der Waals surface area contributed by atoms with Crippen LogP contribution in [0, 0.1) is 12.8 Å². The van der Waals surface area contributed by atoms with E-state index in [9.17, 15) is 8.78 Å². The monoisotopic (exact) mass is 232 g/mol. The zero-order chi connectivity index (χ0) is 10.8. The number of nitrogens with zero attached hydrogens (tertiary/aromatic N) is 1. The summed E-state index contributed by atoms with van der Waals surface area (Å²) in [6.45, 7) is 3.69. The lowest BCUT2D eigenvalue weighted by Gasteiger charge is -2.03. The van der Waals surface area contributed by atoms with Crippen LogP contribution in [0.3, 0.4) is 0 Å². The highest BCUT2D eigenvalue weighted by Crippen LogP contribution is 2.30. The summed E-state index contributed by atoms with van der Waals surface area (Å²) in [6, 6.07) is 0. The summed E-state index contributed by atoms with van der Waals surface area (Å²) >= 11 is 1.17. The molecule has 1 aliphatic rings. The molecule has 2 rings (SSSR count). The Morgan fingerprint density at radius 3 is 2.93 bits per heavy atom. The second kappa shape index (κ2) is 4.53. The Kier molecular flexibility index (Phi) is 3.31. The number of rotatable bonds is 3. The van der Waals surface area contributed by atoms with Crippen molar-refractivity contribution in [2.75, 3.05) is 13.1 Å². The minimum absolute atomic E-state index is 0.135. The number of aryl methyl sites for hydroxylation is 1. The van der Waals surface area contributed by atoms with Gasteiger partial charge in [0, 0.05) is 6.42 Å². The van der Waals surface area contributed by atoms with E-state index in [2.05, 4.69) is 10.3 Å². The predicted molar refractivity (Wildman–Crippen MR) is 56.5 cm³/mol. The summed E-state index contributed by atoms with van der Waals surface area (Å²) in [5, 5.41) is 4.12. The maximum atomic E-state index is 12.5. The molecule has 0 aromatic carbocycles. The van der Waals surface area contributed by atoms with Gasteiger partial charge in [-0.1, -0.05) is 0 Å². The van der Waals surface area contributed by atoms with Crippen molar-refractivity contribution in [2.45, 2.75) is 26.2 Å². The highest BCUT2D eigenvalue weighted by atomic mass is 32.1. The van der Waals surface area contributed by atoms with Crippen LogP contribution in [0.25, 0.3) is 0 Å². The van der Waals surface area contributed by atoms with Gasteiger partial charge in [-0.2, -0.15) is 0 Å². The molecule has 1 aliphatic heterocycles.